The van der Waals surface area contributed by atoms with Gasteiger partial charge in [0.1, 0.15) is 17.7 Å². The van der Waals surface area contributed by atoms with E-state index >= 15 is 0 Å². The third-order valence-corrected chi connectivity index (χ3v) is 3.23. The maximum atomic E-state index is 9.25. The van der Waals surface area contributed by atoms with Gasteiger partial charge in [-0.3, -0.25) is 0 Å². The van der Waals surface area contributed by atoms with Gasteiger partial charge in [0.05, 0.1) is 16.6 Å². The number of hydrogen-bond donors (Lipinski definition) is 1. The molecule has 0 fully saturated rings. The number of aromatic nitrogens is 2. The standard InChI is InChI=1S/C14H8IN3O/c15-13-6-5-10(19-13)7-9(8-16)14-17-11-3-1-2-4-12(11)18-14/h1-7H,(H,17,18)/b9-7-. The van der Waals surface area contributed by atoms with Crippen LogP contribution >= 0.6 is 22.6 Å². The zero-order chi connectivity index (χ0) is 13.2. The van der Waals surface area contributed by atoms with Gasteiger partial charge in [-0.05, 0) is 46.9 Å². The van der Waals surface area contributed by atoms with Gasteiger partial charge in [-0.2, -0.15) is 5.26 Å². The first-order chi connectivity index (χ1) is 9.26. The molecule has 0 aliphatic heterocycles. The number of aromatic amines is 1. The van der Waals surface area contributed by atoms with Crippen molar-refractivity contribution in [3.05, 3.63) is 51.7 Å². The number of nitriles is 1. The molecule has 0 atom stereocenters. The van der Waals surface area contributed by atoms with Gasteiger partial charge < -0.3 is 9.40 Å². The molecule has 0 saturated carbocycles. The quantitative estimate of drug-likeness (QED) is 0.557. The lowest BCUT2D eigenvalue weighted by molar-refractivity contribution is 0.528. The number of para-hydroxylation sites is 2. The fourth-order valence-electron chi connectivity index (χ4n) is 1.78. The van der Waals surface area contributed by atoms with Gasteiger partial charge in [0.2, 0.25) is 0 Å². The molecular weight excluding hydrogens is 353 g/mol. The number of H-pyrrole nitrogens is 1. The largest absolute Gasteiger partial charge is 0.451 e. The monoisotopic (exact) mass is 361 g/mol. The van der Waals surface area contributed by atoms with Crippen molar-refractivity contribution in [1.29, 1.82) is 5.26 Å². The van der Waals surface area contributed by atoms with Crippen molar-refractivity contribution >= 4 is 45.3 Å². The number of fused-ring (bicyclic) bond motifs is 1. The van der Waals surface area contributed by atoms with Crippen molar-refractivity contribution in [2.24, 2.45) is 0 Å². The van der Waals surface area contributed by atoms with E-state index in [4.69, 9.17) is 4.42 Å². The molecule has 3 rings (SSSR count). The molecule has 0 radical (unpaired) electrons. The van der Waals surface area contributed by atoms with E-state index in [-0.39, 0.29) is 0 Å². The highest BCUT2D eigenvalue weighted by Crippen LogP contribution is 2.20. The van der Waals surface area contributed by atoms with E-state index in [0.717, 1.165) is 14.8 Å². The Labute approximate surface area is 122 Å². The highest BCUT2D eigenvalue weighted by Gasteiger charge is 2.08. The van der Waals surface area contributed by atoms with Crippen LogP contribution in [0.1, 0.15) is 11.6 Å². The van der Waals surface area contributed by atoms with Gasteiger partial charge >= 0.3 is 0 Å². The number of rotatable bonds is 2. The fourth-order valence-corrected chi connectivity index (χ4v) is 2.22. The van der Waals surface area contributed by atoms with E-state index in [0.29, 0.717) is 17.2 Å². The van der Waals surface area contributed by atoms with Crippen LogP contribution < -0.4 is 0 Å². The maximum Gasteiger partial charge on any atom is 0.164 e. The number of benzene rings is 1. The summed E-state index contributed by atoms with van der Waals surface area (Å²) >= 11 is 2.08. The molecule has 2 heterocycles. The zero-order valence-corrected chi connectivity index (χ0v) is 11.9. The smallest absolute Gasteiger partial charge is 0.164 e. The van der Waals surface area contributed by atoms with E-state index < -0.39 is 0 Å². The van der Waals surface area contributed by atoms with Gasteiger partial charge in [0.15, 0.2) is 3.77 Å². The summed E-state index contributed by atoms with van der Waals surface area (Å²) in [5.74, 6) is 1.19. The second kappa shape index (κ2) is 4.90. The lowest BCUT2D eigenvalue weighted by atomic mass is 10.2. The van der Waals surface area contributed by atoms with Crippen molar-refractivity contribution in [1.82, 2.24) is 9.97 Å². The Balaban J connectivity index is 2.07. The normalized spacial score (nSPS) is 11.7. The number of hydrogen-bond acceptors (Lipinski definition) is 3. The second-order valence-electron chi connectivity index (χ2n) is 3.91. The molecule has 19 heavy (non-hydrogen) atoms. The van der Waals surface area contributed by atoms with E-state index in [1.54, 1.807) is 6.08 Å². The van der Waals surface area contributed by atoms with Crippen molar-refractivity contribution < 1.29 is 4.42 Å². The van der Waals surface area contributed by atoms with Crippen LogP contribution in [0.3, 0.4) is 0 Å². The molecular formula is C14H8IN3O. The first-order valence-electron chi connectivity index (χ1n) is 5.58. The summed E-state index contributed by atoms with van der Waals surface area (Å²) in [4.78, 5) is 7.53. The first-order valence-corrected chi connectivity index (χ1v) is 6.66. The second-order valence-corrected chi connectivity index (χ2v) is 4.98. The van der Waals surface area contributed by atoms with Crippen molar-refractivity contribution in [2.45, 2.75) is 0 Å². The Hall–Kier alpha value is -2.07. The average molecular weight is 361 g/mol. The number of furan rings is 1. The van der Waals surface area contributed by atoms with Crippen LogP contribution in [-0.2, 0) is 0 Å². The first kappa shape index (κ1) is 12.0. The highest BCUT2D eigenvalue weighted by atomic mass is 127. The summed E-state index contributed by atoms with van der Waals surface area (Å²) < 4.78 is 6.21. The minimum Gasteiger partial charge on any atom is -0.451 e. The summed E-state index contributed by atoms with van der Waals surface area (Å²) in [5.41, 5.74) is 2.20. The molecule has 0 bridgehead atoms. The zero-order valence-electron chi connectivity index (χ0n) is 9.72. The summed E-state index contributed by atoms with van der Waals surface area (Å²) in [5, 5.41) is 9.25. The Kier molecular flexibility index (Phi) is 3.09. The van der Waals surface area contributed by atoms with Gasteiger partial charge in [0, 0.05) is 6.08 Å². The molecule has 4 nitrogen and oxygen atoms in total. The SMILES string of the molecule is N#C/C(=C/c1ccc(I)o1)c1nc2ccccc2[nH]1. The lowest BCUT2D eigenvalue weighted by Gasteiger charge is -1.91. The molecule has 5 heteroatoms. The van der Waals surface area contributed by atoms with Crippen LogP contribution in [0.5, 0.6) is 0 Å². The molecule has 3 aromatic rings. The summed E-state index contributed by atoms with van der Waals surface area (Å²) in [7, 11) is 0. The maximum absolute atomic E-state index is 9.25. The van der Waals surface area contributed by atoms with E-state index in [1.807, 2.05) is 36.4 Å². The summed E-state index contributed by atoms with van der Waals surface area (Å²) in [6.07, 6.45) is 1.68. The van der Waals surface area contributed by atoms with Crippen LogP contribution in [0.4, 0.5) is 0 Å². The average Bonchev–Trinajstić information content (AvgIpc) is 3.01. The molecule has 92 valence electrons. The molecule has 0 saturated heterocycles. The molecule has 1 N–H and O–H groups in total. The van der Waals surface area contributed by atoms with Crippen molar-refractivity contribution in [3.63, 3.8) is 0 Å². The number of allylic oxidation sites excluding steroid dienone is 1. The Morgan fingerprint density at radius 2 is 2.16 bits per heavy atom. The van der Waals surface area contributed by atoms with Crippen LogP contribution in [0.2, 0.25) is 0 Å². The molecule has 2 aromatic heterocycles. The third-order valence-electron chi connectivity index (χ3n) is 2.65. The molecule has 0 aliphatic carbocycles. The topological polar surface area (TPSA) is 65.6 Å². The van der Waals surface area contributed by atoms with Gasteiger partial charge in [0.25, 0.3) is 0 Å². The summed E-state index contributed by atoms with van der Waals surface area (Å²) in [6.45, 7) is 0. The minimum absolute atomic E-state index is 0.446. The Morgan fingerprint density at radius 3 is 2.84 bits per heavy atom. The summed E-state index contributed by atoms with van der Waals surface area (Å²) in [6, 6.07) is 13.5. The number of nitrogens with one attached hydrogen (secondary N) is 1. The predicted molar refractivity (Wildman–Crippen MR) is 81.0 cm³/mol. The van der Waals surface area contributed by atoms with Crippen LogP contribution in [-0.4, -0.2) is 9.97 Å². The van der Waals surface area contributed by atoms with Gasteiger partial charge in [-0.25, -0.2) is 4.98 Å². The molecule has 0 unspecified atom stereocenters. The Morgan fingerprint density at radius 1 is 1.32 bits per heavy atom. The number of nitrogens with zero attached hydrogens (tertiary/aromatic N) is 2. The minimum atomic E-state index is 0.446. The van der Waals surface area contributed by atoms with Crippen molar-refractivity contribution in [3.8, 4) is 6.07 Å². The predicted octanol–water partition coefficient (Wildman–Crippen LogP) is 3.82. The molecule has 0 aliphatic rings. The molecule has 0 amide bonds. The van der Waals surface area contributed by atoms with Gasteiger partial charge in [-0.15, -0.1) is 0 Å². The van der Waals surface area contributed by atoms with E-state index in [2.05, 4.69) is 38.6 Å². The molecule has 1 aromatic carbocycles. The van der Waals surface area contributed by atoms with Crippen LogP contribution in [0.25, 0.3) is 22.7 Å². The lowest BCUT2D eigenvalue weighted by Crippen LogP contribution is -1.84. The van der Waals surface area contributed by atoms with Crippen LogP contribution in [0, 0.1) is 15.1 Å². The third kappa shape index (κ3) is 2.39. The number of halogens is 1. The molecule has 0 spiro atoms. The van der Waals surface area contributed by atoms with Gasteiger partial charge in [-0.1, -0.05) is 12.1 Å². The highest BCUT2D eigenvalue weighted by molar-refractivity contribution is 14.1. The fraction of sp³-hybridized carbons (Fsp3) is 0. The van der Waals surface area contributed by atoms with E-state index in [1.165, 1.54) is 0 Å². The number of imidazole rings is 1. The van der Waals surface area contributed by atoms with Crippen molar-refractivity contribution in [2.75, 3.05) is 0 Å². The Bertz CT molecular complexity index is 774. The van der Waals surface area contributed by atoms with E-state index in [9.17, 15) is 5.26 Å². The van der Waals surface area contributed by atoms with Crippen LogP contribution in [0.15, 0.2) is 40.8 Å².